The summed E-state index contributed by atoms with van der Waals surface area (Å²) < 4.78 is 36.5. The zero-order chi connectivity index (χ0) is 9.19. The lowest BCUT2D eigenvalue weighted by Gasteiger charge is -2.33. The first kappa shape index (κ1) is 9.80. The smallest absolute Gasteiger partial charge is 0.314 e. The van der Waals surface area contributed by atoms with E-state index in [9.17, 15) is 13.2 Å². The second kappa shape index (κ2) is 3.62. The lowest BCUT2D eigenvalue weighted by atomic mass is 10.2. The van der Waals surface area contributed by atoms with Crippen LogP contribution in [0.2, 0.25) is 0 Å². The highest BCUT2D eigenvalue weighted by atomic mass is 19.4. The van der Waals surface area contributed by atoms with Gasteiger partial charge in [-0.25, -0.2) is 0 Å². The summed E-state index contributed by atoms with van der Waals surface area (Å²) in [5.74, 6) is 0. The fourth-order valence-corrected chi connectivity index (χ4v) is 1.28. The Hall–Kier alpha value is -0.290. The SMILES string of the molecule is C[C@H](N1CCNCC1)C(F)(F)F. The normalized spacial score (nSPS) is 24.0. The van der Waals surface area contributed by atoms with Crippen molar-refractivity contribution in [2.75, 3.05) is 26.2 Å². The van der Waals surface area contributed by atoms with Crippen molar-refractivity contribution in [2.45, 2.75) is 19.1 Å². The molecule has 0 aromatic heterocycles. The quantitative estimate of drug-likeness (QED) is 0.646. The van der Waals surface area contributed by atoms with E-state index in [1.54, 1.807) is 0 Å². The van der Waals surface area contributed by atoms with Gasteiger partial charge in [0, 0.05) is 26.2 Å². The van der Waals surface area contributed by atoms with Gasteiger partial charge in [-0.05, 0) is 6.92 Å². The van der Waals surface area contributed by atoms with Gasteiger partial charge in [-0.3, -0.25) is 4.90 Å². The molecule has 0 aromatic rings. The molecule has 0 amide bonds. The highest BCUT2D eigenvalue weighted by Crippen LogP contribution is 2.24. The molecule has 1 aliphatic heterocycles. The van der Waals surface area contributed by atoms with Crippen LogP contribution in [0, 0.1) is 0 Å². The van der Waals surface area contributed by atoms with Crippen molar-refractivity contribution in [3.8, 4) is 0 Å². The maximum Gasteiger partial charge on any atom is 0.403 e. The van der Waals surface area contributed by atoms with Gasteiger partial charge in [0.1, 0.15) is 6.04 Å². The van der Waals surface area contributed by atoms with Crippen LogP contribution in [-0.2, 0) is 0 Å². The summed E-state index contributed by atoms with van der Waals surface area (Å²) in [6.07, 6.45) is -4.09. The third-order valence-corrected chi connectivity index (χ3v) is 2.17. The van der Waals surface area contributed by atoms with E-state index in [1.165, 1.54) is 11.8 Å². The minimum absolute atomic E-state index is 0.487. The molecule has 12 heavy (non-hydrogen) atoms. The molecule has 1 aliphatic rings. The lowest BCUT2D eigenvalue weighted by molar-refractivity contribution is -0.179. The maximum absolute atomic E-state index is 12.2. The number of nitrogens with one attached hydrogen (secondary N) is 1. The maximum atomic E-state index is 12.2. The topological polar surface area (TPSA) is 15.3 Å². The van der Waals surface area contributed by atoms with Gasteiger partial charge in [0.15, 0.2) is 0 Å². The van der Waals surface area contributed by atoms with Crippen LogP contribution >= 0.6 is 0 Å². The van der Waals surface area contributed by atoms with Crippen LogP contribution in [0.4, 0.5) is 13.2 Å². The van der Waals surface area contributed by atoms with Crippen molar-refractivity contribution in [3.63, 3.8) is 0 Å². The van der Waals surface area contributed by atoms with Gasteiger partial charge in [-0.2, -0.15) is 13.2 Å². The molecule has 1 atom stereocenters. The summed E-state index contributed by atoms with van der Waals surface area (Å²) >= 11 is 0. The first-order valence-corrected chi connectivity index (χ1v) is 4.03. The Bertz CT molecular complexity index is 140. The average Bonchev–Trinajstić information content (AvgIpc) is 2.03. The predicted molar refractivity (Wildman–Crippen MR) is 40.0 cm³/mol. The number of nitrogens with zero attached hydrogens (tertiary/aromatic N) is 1. The van der Waals surface area contributed by atoms with E-state index in [2.05, 4.69) is 5.32 Å². The minimum atomic E-state index is -4.09. The molecule has 5 heteroatoms. The highest BCUT2D eigenvalue weighted by Gasteiger charge is 2.40. The van der Waals surface area contributed by atoms with E-state index in [1.807, 2.05) is 0 Å². The monoisotopic (exact) mass is 182 g/mol. The molecule has 0 unspecified atom stereocenters. The Morgan fingerprint density at radius 2 is 1.75 bits per heavy atom. The molecule has 0 aromatic carbocycles. The third kappa shape index (κ3) is 2.35. The molecule has 72 valence electrons. The fourth-order valence-electron chi connectivity index (χ4n) is 1.28. The largest absolute Gasteiger partial charge is 0.403 e. The Labute approximate surface area is 69.7 Å². The van der Waals surface area contributed by atoms with Crippen LogP contribution in [-0.4, -0.2) is 43.3 Å². The minimum Gasteiger partial charge on any atom is -0.314 e. The Morgan fingerprint density at radius 3 is 2.17 bits per heavy atom. The van der Waals surface area contributed by atoms with E-state index in [-0.39, 0.29) is 0 Å². The second-order valence-corrected chi connectivity index (χ2v) is 3.00. The summed E-state index contributed by atoms with van der Waals surface area (Å²) in [5.41, 5.74) is 0. The zero-order valence-electron chi connectivity index (χ0n) is 6.99. The summed E-state index contributed by atoms with van der Waals surface area (Å²) in [4.78, 5) is 1.45. The molecule has 1 heterocycles. The molecule has 1 fully saturated rings. The molecule has 0 bridgehead atoms. The van der Waals surface area contributed by atoms with Gasteiger partial charge in [-0.15, -0.1) is 0 Å². The van der Waals surface area contributed by atoms with Crippen molar-refractivity contribution < 1.29 is 13.2 Å². The number of halogens is 3. The van der Waals surface area contributed by atoms with E-state index < -0.39 is 12.2 Å². The van der Waals surface area contributed by atoms with Gasteiger partial charge in [0.05, 0.1) is 0 Å². The van der Waals surface area contributed by atoms with Crippen LogP contribution in [0.1, 0.15) is 6.92 Å². The van der Waals surface area contributed by atoms with Gasteiger partial charge in [0.2, 0.25) is 0 Å². The van der Waals surface area contributed by atoms with Gasteiger partial charge in [-0.1, -0.05) is 0 Å². The van der Waals surface area contributed by atoms with Crippen LogP contribution in [0.25, 0.3) is 0 Å². The third-order valence-electron chi connectivity index (χ3n) is 2.17. The lowest BCUT2D eigenvalue weighted by Crippen LogP contribution is -2.52. The summed E-state index contributed by atoms with van der Waals surface area (Å²) in [5, 5.41) is 3.01. The van der Waals surface area contributed by atoms with Crippen molar-refractivity contribution in [1.29, 1.82) is 0 Å². The summed E-state index contributed by atoms with van der Waals surface area (Å²) in [7, 11) is 0. The van der Waals surface area contributed by atoms with E-state index in [0.29, 0.717) is 26.2 Å². The number of hydrogen-bond acceptors (Lipinski definition) is 2. The average molecular weight is 182 g/mol. The van der Waals surface area contributed by atoms with Gasteiger partial charge < -0.3 is 5.32 Å². The molecule has 1 rings (SSSR count). The predicted octanol–water partition coefficient (Wildman–Crippen LogP) is 0.842. The Kier molecular flexibility index (Phi) is 2.95. The Morgan fingerprint density at radius 1 is 1.25 bits per heavy atom. The fraction of sp³-hybridized carbons (Fsp3) is 1.00. The molecule has 1 N–H and O–H groups in total. The van der Waals surface area contributed by atoms with Gasteiger partial charge >= 0.3 is 6.18 Å². The number of piperazine rings is 1. The highest BCUT2D eigenvalue weighted by molar-refractivity contribution is 4.78. The van der Waals surface area contributed by atoms with Crippen molar-refractivity contribution in [2.24, 2.45) is 0 Å². The van der Waals surface area contributed by atoms with Crippen molar-refractivity contribution >= 4 is 0 Å². The number of rotatable bonds is 1. The zero-order valence-corrected chi connectivity index (χ0v) is 6.99. The Balaban J connectivity index is 2.45. The van der Waals surface area contributed by atoms with Crippen molar-refractivity contribution in [3.05, 3.63) is 0 Å². The van der Waals surface area contributed by atoms with Crippen molar-refractivity contribution in [1.82, 2.24) is 10.2 Å². The van der Waals surface area contributed by atoms with E-state index >= 15 is 0 Å². The molecular weight excluding hydrogens is 169 g/mol. The summed E-state index contributed by atoms with van der Waals surface area (Å²) in [6, 6.07) is -1.31. The van der Waals surface area contributed by atoms with Gasteiger partial charge in [0.25, 0.3) is 0 Å². The molecular formula is C7H13F3N2. The molecule has 0 radical (unpaired) electrons. The molecule has 1 saturated heterocycles. The molecule has 0 spiro atoms. The van der Waals surface area contributed by atoms with Crippen LogP contribution in [0.3, 0.4) is 0 Å². The standard InChI is InChI=1S/C7H13F3N2/c1-6(7(8,9)10)12-4-2-11-3-5-12/h6,11H,2-5H2,1H3/t6-/m0/s1. The van der Waals surface area contributed by atoms with E-state index in [0.717, 1.165) is 0 Å². The van der Waals surface area contributed by atoms with Crippen LogP contribution in [0.15, 0.2) is 0 Å². The van der Waals surface area contributed by atoms with Crippen LogP contribution < -0.4 is 5.32 Å². The van der Waals surface area contributed by atoms with E-state index in [4.69, 9.17) is 0 Å². The number of hydrogen-bond donors (Lipinski definition) is 1. The number of alkyl halides is 3. The first-order chi connectivity index (χ1) is 5.52. The molecule has 0 saturated carbocycles. The molecule has 2 nitrogen and oxygen atoms in total. The first-order valence-electron chi connectivity index (χ1n) is 4.03. The molecule has 0 aliphatic carbocycles. The second-order valence-electron chi connectivity index (χ2n) is 3.00. The van der Waals surface area contributed by atoms with Crippen LogP contribution in [0.5, 0.6) is 0 Å². The summed E-state index contributed by atoms with van der Waals surface area (Å²) in [6.45, 7) is 3.49.